The van der Waals surface area contributed by atoms with Gasteiger partial charge in [-0.05, 0) is 42.7 Å². The molecule has 2 N–H and O–H groups in total. The van der Waals surface area contributed by atoms with Crippen molar-refractivity contribution < 1.29 is 0 Å². The average molecular weight is 258 g/mol. The SMILES string of the molecule is CC1CN(C2CCCCc3ccccc32)CCC1N. The first-order chi connectivity index (χ1) is 9.25. The minimum atomic E-state index is 0.400. The van der Waals surface area contributed by atoms with Gasteiger partial charge in [0.05, 0.1) is 0 Å². The van der Waals surface area contributed by atoms with Crippen LogP contribution in [-0.4, -0.2) is 24.0 Å². The van der Waals surface area contributed by atoms with Gasteiger partial charge in [0.15, 0.2) is 0 Å². The third kappa shape index (κ3) is 2.70. The molecule has 0 saturated carbocycles. The molecule has 1 fully saturated rings. The fourth-order valence-electron chi connectivity index (χ4n) is 3.75. The van der Waals surface area contributed by atoms with Gasteiger partial charge in [0.2, 0.25) is 0 Å². The molecule has 1 aliphatic carbocycles. The first-order valence-corrected chi connectivity index (χ1v) is 7.83. The van der Waals surface area contributed by atoms with E-state index in [-0.39, 0.29) is 0 Å². The van der Waals surface area contributed by atoms with Crippen LogP contribution in [0.25, 0.3) is 0 Å². The summed E-state index contributed by atoms with van der Waals surface area (Å²) >= 11 is 0. The van der Waals surface area contributed by atoms with E-state index in [0.717, 1.165) is 6.42 Å². The van der Waals surface area contributed by atoms with Crippen LogP contribution in [-0.2, 0) is 6.42 Å². The maximum absolute atomic E-state index is 6.17. The number of likely N-dealkylation sites (tertiary alicyclic amines) is 1. The van der Waals surface area contributed by atoms with E-state index < -0.39 is 0 Å². The van der Waals surface area contributed by atoms with Crippen molar-refractivity contribution in [2.75, 3.05) is 13.1 Å². The Bertz CT molecular complexity index is 429. The molecular formula is C17H26N2. The van der Waals surface area contributed by atoms with Crippen LogP contribution in [0.3, 0.4) is 0 Å². The lowest BCUT2D eigenvalue weighted by Gasteiger charge is -2.40. The smallest absolute Gasteiger partial charge is 0.0350 e. The van der Waals surface area contributed by atoms with E-state index in [4.69, 9.17) is 5.73 Å². The lowest BCUT2D eigenvalue weighted by Crippen LogP contribution is -2.47. The van der Waals surface area contributed by atoms with E-state index >= 15 is 0 Å². The number of piperidine rings is 1. The molecule has 1 aliphatic heterocycles. The van der Waals surface area contributed by atoms with Crippen molar-refractivity contribution in [2.45, 2.75) is 51.1 Å². The summed E-state index contributed by atoms with van der Waals surface area (Å²) in [7, 11) is 0. The van der Waals surface area contributed by atoms with Crippen molar-refractivity contribution in [1.82, 2.24) is 4.90 Å². The quantitative estimate of drug-likeness (QED) is 0.784. The van der Waals surface area contributed by atoms with Crippen LogP contribution in [0.5, 0.6) is 0 Å². The Morgan fingerprint density at radius 2 is 2.00 bits per heavy atom. The molecule has 1 aromatic rings. The van der Waals surface area contributed by atoms with Crippen molar-refractivity contribution >= 4 is 0 Å². The van der Waals surface area contributed by atoms with Crippen LogP contribution in [0.15, 0.2) is 24.3 Å². The largest absolute Gasteiger partial charge is 0.327 e. The predicted octanol–water partition coefficient (Wildman–Crippen LogP) is 3.12. The van der Waals surface area contributed by atoms with Gasteiger partial charge in [0, 0.05) is 25.2 Å². The zero-order chi connectivity index (χ0) is 13.2. The Morgan fingerprint density at radius 3 is 2.84 bits per heavy atom. The highest BCUT2D eigenvalue weighted by atomic mass is 15.2. The lowest BCUT2D eigenvalue weighted by molar-refractivity contribution is 0.110. The molecule has 0 aromatic heterocycles. The third-order valence-electron chi connectivity index (χ3n) is 5.03. The summed E-state index contributed by atoms with van der Waals surface area (Å²) in [5.41, 5.74) is 9.33. The molecule has 3 unspecified atom stereocenters. The Morgan fingerprint density at radius 1 is 1.16 bits per heavy atom. The second kappa shape index (κ2) is 5.64. The molecule has 3 rings (SSSR count). The van der Waals surface area contributed by atoms with Gasteiger partial charge in [-0.15, -0.1) is 0 Å². The third-order valence-corrected chi connectivity index (χ3v) is 5.03. The number of hydrogen-bond donors (Lipinski definition) is 1. The molecule has 104 valence electrons. The molecule has 0 bridgehead atoms. The number of hydrogen-bond acceptors (Lipinski definition) is 2. The molecule has 1 heterocycles. The zero-order valence-electron chi connectivity index (χ0n) is 12.0. The van der Waals surface area contributed by atoms with Crippen molar-refractivity contribution in [3.8, 4) is 0 Å². The molecule has 1 saturated heterocycles. The maximum atomic E-state index is 6.17. The van der Waals surface area contributed by atoms with Crippen LogP contribution >= 0.6 is 0 Å². The molecule has 19 heavy (non-hydrogen) atoms. The molecule has 1 aromatic carbocycles. The Labute approximate surface area is 117 Å². The van der Waals surface area contributed by atoms with Gasteiger partial charge in [0.1, 0.15) is 0 Å². The van der Waals surface area contributed by atoms with Crippen molar-refractivity contribution in [2.24, 2.45) is 11.7 Å². The topological polar surface area (TPSA) is 29.3 Å². The minimum absolute atomic E-state index is 0.400. The number of fused-ring (bicyclic) bond motifs is 1. The molecule has 2 aliphatic rings. The number of rotatable bonds is 1. The van der Waals surface area contributed by atoms with Crippen LogP contribution in [0.1, 0.15) is 49.8 Å². The second-order valence-corrected chi connectivity index (χ2v) is 6.39. The standard InChI is InChI=1S/C17H26N2/c1-13-12-19(11-10-16(13)18)17-9-5-3-7-14-6-2-4-8-15(14)17/h2,4,6,8,13,16-17H,3,5,7,9-12,18H2,1H3. The highest BCUT2D eigenvalue weighted by Crippen LogP contribution is 2.35. The van der Waals surface area contributed by atoms with Gasteiger partial charge in [-0.3, -0.25) is 4.90 Å². The molecular weight excluding hydrogens is 232 g/mol. The van der Waals surface area contributed by atoms with Gasteiger partial charge < -0.3 is 5.73 Å². The zero-order valence-corrected chi connectivity index (χ0v) is 12.0. The highest BCUT2D eigenvalue weighted by molar-refractivity contribution is 5.31. The normalized spacial score (nSPS) is 32.6. The minimum Gasteiger partial charge on any atom is -0.327 e. The second-order valence-electron chi connectivity index (χ2n) is 6.39. The summed E-state index contributed by atoms with van der Waals surface area (Å²) in [6.45, 7) is 4.64. The summed E-state index contributed by atoms with van der Waals surface area (Å²) < 4.78 is 0. The fourth-order valence-corrected chi connectivity index (χ4v) is 3.75. The summed E-state index contributed by atoms with van der Waals surface area (Å²) in [5, 5.41) is 0. The van der Waals surface area contributed by atoms with Gasteiger partial charge >= 0.3 is 0 Å². The van der Waals surface area contributed by atoms with Crippen LogP contribution in [0.2, 0.25) is 0 Å². The van der Waals surface area contributed by atoms with Gasteiger partial charge in [-0.25, -0.2) is 0 Å². The molecule has 3 atom stereocenters. The van der Waals surface area contributed by atoms with Gasteiger partial charge in [0.25, 0.3) is 0 Å². The van der Waals surface area contributed by atoms with E-state index in [2.05, 4.69) is 36.1 Å². The van der Waals surface area contributed by atoms with Gasteiger partial charge in [-0.1, -0.05) is 37.6 Å². The van der Waals surface area contributed by atoms with Crippen LogP contribution < -0.4 is 5.73 Å². The molecule has 2 nitrogen and oxygen atoms in total. The summed E-state index contributed by atoms with van der Waals surface area (Å²) in [6, 6.07) is 10.1. The molecule has 0 amide bonds. The maximum Gasteiger partial charge on any atom is 0.0350 e. The molecule has 0 radical (unpaired) electrons. The summed E-state index contributed by atoms with van der Waals surface area (Å²) in [4.78, 5) is 2.69. The molecule has 0 spiro atoms. The number of benzene rings is 1. The van der Waals surface area contributed by atoms with E-state index in [0.29, 0.717) is 18.0 Å². The van der Waals surface area contributed by atoms with Gasteiger partial charge in [-0.2, -0.15) is 0 Å². The summed E-state index contributed by atoms with van der Waals surface area (Å²) in [6.07, 6.45) is 6.43. The lowest BCUT2D eigenvalue weighted by atomic mass is 9.90. The number of aryl methyl sites for hydroxylation is 1. The van der Waals surface area contributed by atoms with Crippen molar-refractivity contribution in [3.63, 3.8) is 0 Å². The average Bonchev–Trinajstić information content (AvgIpc) is 2.64. The fraction of sp³-hybridized carbons (Fsp3) is 0.647. The Balaban J connectivity index is 1.84. The van der Waals surface area contributed by atoms with Crippen LogP contribution in [0, 0.1) is 5.92 Å². The highest BCUT2D eigenvalue weighted by Gasteiger charge is 2.30. The number of nitrogens with zero attached hydrogens (tertiary/aromatic N) is 1. The molecule has 2 heteroatoms. The van der Waals surface area contributed by atoms with E-state index in [1.807, 2.05) is 0 Å². The van der Waals surface area contributed by atoms with E-state index in [9.17, 15) is 0 Å². The Kier molecular flexibility index (Phi) is 3.90. The van der Waals surface area contributed by atoms with Crippen molar-refractivity contribution in [3.05, 3.63) is 35.4 Å². The van der Waals surface area contributed by atoms with Crippen molar-refractivity contribution in [1.29, 1.82) is 0 Å². The van der Waals surface area contributed by atoms with Crippen LogP contribution in [0.4, 0.5) is 0 Å². The van der Waals surface area contributed by atoms with E-state index in [1.165, 1.54) is 38.8 Å². The monoisotopic (exact) mass is 258 g/mol. The summed E-state index contributed by atoms with van der Waals surface area (Å²) in [5.74, 6) is 0.629. The Hall–Kier alpha value is -0.860. The first-order valence-electron chi connectivity index (χ1n) is 7.83. The van der Waals surface area contributed by atoms with E-state index in [1.54, 1.807) is 11.1 Å². The predicted molar refractivity (Wildman–Crippen MR) is 80.1 cm³/mol. The first kappa shape index (κ1) is 13.1. The number of nitrogens with two attached hydrogens (primary N) is 1.